The molecule has 0 saturated heterocycles. The Morgan fingerprint density at radius 1 is 0.386 bits per heavy atom. The van der Waals surface area contributed by atoms with Gasteiger partial charge in [0.25, 0.3) is 0 Å². The molecular formula is C52H32N4O. The maximum atomic E-state index is 6.72. The summed E-state index contributed by atoms with van der Waals surface area (Å²) in [4.78, 5) is 15.6. The van der Waals surface area contributed by atoms with Crippen molar-refractivity contribution in [1.29, 1.82) is 0 Å². The molecule has 10 aromatic rings. The summed E-state index contributed by atoms with van der Waals surface area (Å²) in [5, 5.41) is 2.40. The van der Waals surface area contributed by atoms with Crippen molar-refractivity contribution in [3.63, 3.8) is 0 Å². The van der Waals surface area contributed by atoms with Crippen molar-refractivity contribution in [3.8, 4) is 62.5 Å². The summed E-state index contributed by atoms with van der Waals surface area (Å²) >= 11 is 0. The van der Waals surface area contributed by atoms with Crippen LogP contribution in [0, 0.1) is 0 Å². The Hall–Kier alpha value is -7.63. The summed E-state index contributed by atoms with van der Waals surface area (Å²) in [6.45, 7) is 0. The van der Waals surface area contributed by atoms with Crippen molar-refractivity contribution in [3.05, 3.63) is 216 Å². The Balaban J connectivity index is 1.24. The summed E-state index contributed by atoms with van der Waals surface area (Å²) in [5.74, 6) is 3.59. The molecule has 1 aliphatic carbocycles. The maximum absolute atomic E-state index is 6.72. The molecule has 0 N–H and O–H groups in total. The summed E-state index contributed by atoms with van der Waals surface area (Å²) in [5.41, 5.74) is 12.4. The number of hydrogen-bond donors (Lipinski definition) is 0. The lowest BCUT2D eigenvalue weighted by molar-refractivity contribution is 0.436. The topological polar surface area (TPSA) is 52.8 Å². The Morgan fingerprint density at radius 2 is 0.930 bits per heavy atom. The minimum absolute atomic E-state index is 0.625. The van der Waals surface area contributed by atoms with Gasteiger partial charge in [-0.3, -0.25) is 0 Å². The van der Waals surface area contributed by atoms with Gasteiger partial charge in [-0.25, -0.2) is 15.0 Å². The molecule has 2 aliphatic rings. The molecule has 0 amide bonds. The van der Waals surface area contributed by atoms with E-state index in [4.69, 9.17) is 19.7 Å². The van der Waals surface area contributed by atoms with Crippen LogP contribution in [0.5, 0.6) is 11.5 Å². The Morgan fingerprint density at radius 3 is 1.60 bits per heavy atom. The maximum Gasteiger partial charge on any atom is 0.164 e. The molecule has 12 rings (SSSR count). The van der Waals surface area contributed by atoms with Crippen LogP contribution in [0.4, 0.5) is 0 Å². The van der Waals surface area contributed by atoms with Crippen LogP contribution in [0.15, 0.2) is 194 Å². The number of aromatic nitrogens is 4. The largest absolute Gasteiger partial charge is 0.457 e. The van der Waals surface area contributed by atoms with E-state index in [2.05, 4.69) is 162 Å². The van der Waals surface area contributed by atoms with E-state index in [0.29, 0.717) is 17.5 Å². The monoisotopic (exact) mass is 728 g/mol. The van der Waals surface area contributed by atoms with Gasteiger partial charge in [-0.1, -0.05) is 152 Å². The van der Waals surface area contributed by atoms with Gasteiger partial charge >= 0.3 is 0 Å². The molecule has 0 bridgehead atoms. The Kier molecular flexibility index (Phi) is 6.78. The van der Waals surface area contributed by atoms with E-state index >= 15 is 0 Å². The van der Waals surface area contributed by atoms with Crippen LogP contribution < -0.4 is 4.74 Å². The zero-order chi connectivity index (χ0) is 37.5. The van der Waals surface area contributed by atoms with Crippen molar-refractivity contribution in [2.75, 3.05) is 0 Å². The summed E-state index contributed by atoms with van der Waals surface area (Å²) in [7, 11) is 0. The second-order valence-electron chi connectivity index (χ2n) is 14.7. The molecule has 0 radical (unpaired) electrons. The molecule has 266 valence electrons. The predicted molar refractivity (Wildman–Crippen MR) is 228 cm³/mol. The Bertz CT molecular complexity index is 3110. The molecular weight excluding hydrogens is 697 g/mol. The van der Waals surface area contributed by atoms with Crippen LogP contribution in [-0.2, 0) is 5.41 Å². The van der Waals surface area contributed by atoms with Crippen molar-refractivity contribution in [1.82, 2.24) is 19.5 Å². The van der Waals surface area contributed by atoms with Crippen molar-refractivity contribution >= 4 is 21.8 Å². The third-order valence-corrected chi connectivity index (χ3v) is 11.7. The predicted octanol–water partition coefficient (Wildman–Crippen LogP) is 12.4. The van der Waals surface area contributed by atoms with E-state index in [9.17, 15) is 0 Å². The number of benzene rings is 8. The van der Waals surface area contributed by atoms with Gasteiger partial charge in [-0.2, -0.15) is 0 Å². The van der Waals surface area contributed by atoms with Gasteiger partial charge in [0, 0.05) is 44.3 Å². The highest BCUT2D eigenvalue weighted by Gasteiger charge is 2.52. The molecule has 5 nitrogen and oxygen atoms in total. The SMILES string of the molecule is c1ccc(-c2nc(-c3ccccc3)nc(-c3cccc4c3-c3cc5c(cc3C43c4ccccc4Oc4ccccc43)c3ccccc3n5-c3ccccc3)n2)cc1. The van der Waals surface area contributed by atoms with Crippen LogP contribution in [-0.4, -0.2) is 19.5 Å². The number of fused-ring (bicyclic) bond motifs is 12. The molecule has 3 heterocycles. The average Bonchev–Trinajstić information content (AvgIpc) is 3.76. The van der Waals surface area contributed by atoms with Crippen LogP contribution in [0.3, 0.4) is 0 Å². The van der Waals surface area contributed by atoms with Gasteiger partial charge in [-0.15, -0.1) is 0 Å². The van der Waals surface area contributed by atoms with E-state index in [0.717, 1.165) is 67.2 Å². The fourth-order valence-corrected chi connectivity index (χ4v) is 9.38. The van der Waals surface area contributed by atoms with Gasteiger partial charge in [-0.05, 0) is 64.7 Å². The third-order valence-electron chi connectivity index (χ3n) is 11.7. The average molecular weight is 729 g/mol. The Labute approximate surface area is 329 Å². The highest BCUT2D eigenvalue weighted by Crippen LogP contribution is 2.64. The second-order valence-corrected chi connectivity index (χ2v) is 14.7. The molecule has 0 saturated carbocycles. The minimum Gasteiger partial charge on any atom is -0.457 e. The van der Waals surface area contributed by atoms with E-state index in [1.807, 2.05) is 36.4 Å². The van der Waals surface area contributed by atoms with Crippen molar-refractivity contribution in [2.45, 2.75) is 5.41 Å². The van der Waals surface area contributed by atoms with Crippen molar-refractivity contribution < 1.29 is 4.74 Å². The normalized spacial score (nSPS) is 13.2. The lowest BCUT2D eigenvalue weighted by atomic mass is 9.66. The van der Waals surface area contributed by atoms with Crippen molar-refractivity contribution in [2.24, 2.45) is 0 Å². The molecule has 2 aromatic heterocycles. The smallest absolute Gasteiger partial charge is 0.164 e. The first-order valence-corrected chi connectivity index (χ1v) is 19.3. The first-order valence-electron chi connectivity index (χ1n) is 19.3. The highest BCUT2D eigenvalue weighted by molar-refractivity contribution is 6.12. The summed E-state index contributed by atoms with van der Waals surface area (Å²) in [6.07, 6.45) is 0. The van der Waals surface area contributed by atoms with E-state index in [1.54, 1.807) is 0 Å². The van der Waals surface area contributed by atoms with Crippen LogP contribution in [0.25, 0.3) is 72.8 Å². The van der Waals surface area contributed by atoms with Crippen LogP contribution in [0.2, 0.25) is 0 Å². The molecule has 1 aliphatic heterocycles. The van der Waals surface area contributed by atoms with Gasteiger partial charge in [0.15, 0.2) is 17.5 Å². The molecule has 8 aromatic carbocycles. The number of hydrogen-bond acceptors (Lipinski definition) is 4. The summed E-state index contributed by atoms with van der Waals surface area (Å²) < 4.78 is 9.12. The standard InChI is InChI=1S/C52H32N4O/c1-4-17-33(18-5-1)49-53-50(34-19-6-2-7-20-34)55-51(54-49)37-24-16-27-42-48(37)39-32-45-38(36-23-10-13-28-44(36)56(45)35-21-8-3-9-22-35)31-43(39)52(42)40-25-11-14-29-46(40)57-47-30-15-12-26-41(47)52/h1-32H. The van der Waals surface area contributed by atoms with Gasteiger partial charge in [0.05, 0.1) is 16.4 Å². The number of para-hydroxylation sites is 4. The van der Waals surface area contributed by atoms with Gasteiger partial charge < -0.3 is 9.30 Å². The lowest BCUT2D eigenvalue weighted by Crippen LogP contribution is -2.32. The van der Waals surface area contributed by atoms with E-state index in [1.165, 1.54) is 21.9 Å². The second kappa shape index (κ2) is 12.2. The first-order chi connectivity index (χ1) is 28.3. The molecule has 57 heavy (non-hydrogen) atoms. The molecule has 0 atom stereocenters. The van der Waals surface area contributed by atoms with E-state index < -0.39 is 5.41 Å². The fourth-order valence-electron chi connectivity index (χ4n) is 9.38. The zero-order valence-corrected chi connectivity index (χ0v) is 30.7. The lowest BCUT2D eigenvalue weighted by Gasteiger charge is -2.39. The summed E-state index contributed by atoms with van der Waals surface area (Å²) in [6, 6.07) is 68.3. The number of ether oxygens (including phenoxy) is 1. The highest BCUT2D eigenvalue weighted by atomic mass is 16.5. The molecule has 5 heteroatoms. The van der Waals surface area contributed by atoms with Gasteiger partial charge in [0.2, 0.25) is 0 Å². The molecule has 1 spiro atoms. The molecule has 0 unspecified atom stereocenters. The van der Waals surface area contributed by atoms with Crippen LogP contribution >= 0.6 is 0 Å². The minimum atomic E-state index is -0.687. The van der Waals surface area contributed by atoms with Gasteiger partial charge in [0.1, 0.15) is 11.5 Å². The number of rotatable bonds is 4. The fraction of sp³-hybridized carbons (Fsp3) is 0.0192. The first kappa shape index (κ1) is 31.7. The van der Waals surface area contributed by atoms with E-state index in [-0.39, 0.29) is 0 Å². The number of nitrogens with zero attached hydrogens (tertiary/aromatic N) is 4. The van der Waals surface area contributed by atoms with Crippen LogP contribution in [0.1, 0.15) is 22.3 Å². The molecule has 0 fully saturated rings. The third kappa shape index (κ3) is 4.54. The zero-order valence-electron chi connectivity index (χ0n) is 30.7. The quantitative estimate of drug-likeness (QED) is 0.181.